The van der Waals surface area contributed by atoms with Crippen LogP contribution >= 0.6 is 11.3 Å². The highest BCUT2D eigenvalue weighted by molar-refractivity contribution is 7.91. The van der Waals surface area contributed by atoms with E-state index >= 15 is 0 Å². The van der Waals surface area contributed by atoms with E-state index in [0.29, 0.717) is 42.9 Å². The molecule has 0 bridgehead atoms. The first-order valence-corrected chi connectivity index (χ1v) is 18.9. The molecular weight excluding hydrogens is 700 g/mol. The van der Waals surface area contributed by atoms with Gasteiger partial charge in [0.05, 0.1) is 39.0 Å². The Kier molecular flexibility index (Phi) is 9.76. The van der Waals surface area contributed by atoms with Gasteiger partial charge in [-0.1, -0.05) is 18.2 Å². The van der Waals surface area contributed by atoms with Crippen molar-refractivity contribution in [1.29, 1.82) is 0 Å². The first kappa shape index (κ1) is 35.8. The number of carbonyl (C=O) groups excluding carboxylic acids is 4. The van der Waals surface area contributed by atoms with Gasteiger partial charge in [-0.15, -0.1) is 11.3 Å². The summed E-state index contributed by atoms with van der Waals surface area (Å²) in [5.41, 5.74) is -2.08. The lowest BCUT2D eigenvalue weighted by Crippen LogP contribution is -2.54. The summed E-state index contributed by atoms with van der Waals surface area (Å²) in [6.45, 7) is 2.16. The summed E-state index contributed by atoms with van der Waals surface area (Å²) in [4.78, 5) is 60.1. The van der Waals surface area contributed by atoms with Gasteiger partial charge < -0.3 is 15.0 Å². The number of aromatic nitrogens is 1. The second kappa shape index (κ2) is 13.6. The monoisotopic (exact) mass is 737 g/mol. The van der Waals surface area contributed by atoms with Crippen molar-refractivity contribution in [2.75, 3.05) is 18.9 Å². The fourth-order valence-electron chi connectivity index (χ4n) is 6.72. The number of amides is 4. The van der Waals surface area contributed by atoms with Crippen molar-refractivity contribution in [3.8, 4) is 11.3 Å². The molecule has 17 heteroatoms. The van der Waals surface area contributed by atoms with E-state index in [4.69, 9.17) is 4.74 Å². The van der Waals surface area contributed by atoms with Crippen LogP contribution in [0.5, 0.6) is 0 Å². The lowest BCUT2D eigenvalue weighted by atomic mass is 9.93. The maximum absolute atomic E-state index is 13.9. The highest BCUT2D eigenvalue weighted by atomic mass is 32.2. The molecule has 6 rings (SSSR count). The van der Waals surface area contributed by atoms with Gasteiger partial charge >= 0.3 is 12.3 Å². The number of nitrogens with one attached hydrogen (secondary N) is 3. The molecule has 4 aliphatic rings. The van der Waals surface area contributed by atoms with Gasteiger partial charge in [-0.3, -0.25) is 24.4 Å². The van der Waals surface area contributed by atoms with Crippen molar-refractivity contribution >= 4 is 50.9 Å². The zero-order valence-corrected chi connectivity index (χ0v) is 29.1. The van der Waals surface area contributed by atoms with Gasteiger partial charge in [0.1, 0.15) is 11.6 Å². The van der Waals surface area contributed by atoms with Crippen molar-refractivity contribution < 1.29 is 45.5 Å². The number of aryl methyl sites for hydroxylation is 1. The Labute approximate surface area is 291 Å². The van der Waals surface area contributed by atoms with Crippen LogP contribution < -0.4 is 15.4 Å². The predicted molar refractivity (Wildman–Crippen MR) is 177 cm³/mol. The lowest BCUT2D eigenvalue weighted by molar-refractivity contribution is -0.140. The zero-order chi connectivity index (χ0) is 36.0. The first-order valence-electron chi connectivity index (χ1n) is 16.5. The van der Waals surface area contributed by atoms with Crippen molar-refractivity contribution in [3.63, 3.8) is 0 Å². The number of thiazole rings is 1. The summed E-state index contributed by atoms with van der Waals surface area (Å²) < 4.78 is 73.9. The summed E-state index contributed by atoms with van der Waals surface area (Å²) in [5.74, 6) is -4.28. The Balaban J connectivity index is 1.22. The van der Waals surface area contributed by atoms with Gasteiger partial charge in [0.2, 0.25) is 21.8 Å². The molecule has 1 aromatic heterocycles. The molecule has 4 amide bonds. The minimum absolute atomic E-state index is 0.0476. The van der Waals surface area contributed by atoms with Gasteiger partial charge in [-0.25, -0.2) is 18.2 Å². The zero-order valence-electron chi connectivity index (χ0n) is 27.4. The molecule has 270 valence electrons. The van der Waals surface area contributed by atoms with E-state index in [1.54, 1.807) is 19.4 Å². The topological polar surface area (TPSA) is 164 Å². The molecule has 1 aromatic carbocycles. The summed E-state index contributed by atoms with van der Waals surface area (Å²) in [7, 11) is -2.29. The molecular formula is C33H38F3N5O7S2. The maximum atomic E-state index is 13.9. The van der Waals surface area contributed by atoms with Gasteiger partial charge in [-0.2, -0.15) is 13.2 Å². The second-order valence-corrected chi connectivity index (χ2v) is 16.5. The average molecular weight is 738 g/mol. The SMILES string of the molecule is Cc1nc(-c2ccc(C(F)(F)F)cc2NC(=O)O[C@@H]2C[C@H]3C(=O)N[C@]4(C(=O)NS(=O)(=O)C5CC5)C[C@@H]4/C=C\CCCCN(C)C(=O)[C@@H]3C2)cs1. The second-order valence-electron chi connectivity index (χ2n) is 13.5. The van der Waals surface area contributed by atoms with Gasteiger partial charge in [0.15, 0.2) is 0 Å². The highest BCUT2D eigenvalue weighted by Crippen LogP contribution is 2.47. The van der Waals surface area contributed by atoms with Crippen molar-refractivity contribution in [2.24, 2.45) is 17.8 Å². The summed E-state index contributed by atoms with van der Waals surface area (Å²) in [6.07, 6.45) is -0.0549. The molecule has 0 unspecified atom stereocenters. The minimum Gasteiger partial charge on any atom is -0.446 e. The standard InChI is InChI=1S/C33H38F3N5O7S2/c1-18-37-27(17-49-18)23-11-8-19(33(34,35)36)13-26(23)38-31(45)48-21-14-24-25(15-21)29(43)41(2)12-6-4-3-5-7-20-16-32(20,39-28(24)42)30(44)40-50(46,47)22-9-10-22/h5,7-8,11,13,17,20-22,24-25H,3-4,6,9-10,12,14-16H2,1-2H3,(H,38,45)(H,39,42)(H,40,44)/b7-5-/t20-,21+,24+,25+,32+/m0/s1. The van der Waals surface area contributed by atoms with E-state index in [1.165, 1.54) is 22.3 Å². The predicted octanol–water partition coefficient (Wildman–Crippen LogP) is 4.76. The van der Waals surface area contributed by atoms with E-state index in [9.17, 15) is 40.8 Å². The molecule has 5 atom stereocenters. The van der Waals surface area contributed by atoms with Crippen molar-refractivity contribution in [3.05, 3.63) is 46.3 Å². The highest BCUT2D eigenvalue weighted by Gasteiger charge is 2.62. The van der Waals surface area contributed by atoms with E-state index in [-0.39, 0.29) is 36.4 Å². The van der Waals surface area contributed by atoms with Crippen LogP contribution in [0.3, 0.4) is 0 Å². The summed E-state index contributed by atoms with van der Waals surface area (Å²) in [5, 5.41) is 6.84. The number of sulfonamides is 1. The smallest absolute Gasteiger partial charge is 0.416 e. The molecule has 50 heavy (non-hydrogen) atoms. The van der Waals surface area contributed by atoms with Crippen LogP contribution in [0.2, 0.25) is 0 Å². The van der Waals surface area contributed by atoms with Crippen LogP contribution in [0.25, 0.3) is 11.3 Å². The number of nitrogens with zero attached hydrogens (tertiary/aromatic N) is 2. The number of allylic oxidation sites excluding steroid dienone is 1. The molecule has 3 fully saturated rings. The molecule has 2 aromatic rings. The van der Waals surface area contributed by atoms with Crippen LogP contribution in [0.4, 0.5) is 23.7 Å². The molecule has 0 radical (unpaired) electrons. The number of carbonyl (C=O) groups is 4. The number of benzene rings is 1. The number of fused-ring (bicyclic) bond motifs is 2. The Morgan fingerprint density at radius 3 is 2.56 bits per heavy atom. The van der Waals surface area contributed by atoms with Crippen molar-refractivity contribution in [2.45, 2.75) is 81.4 Å². The molecule has 1 aliphatic heterocycles. The third-order valence-electron chi connectivity index (χ3n) is 9.75. The number of hydrogen-bond donors (Lipinski definition) is 3. The van der Waals surface area contributed by atoms with Gasteiger partial charge in [0.25, 0.3) is 5.91 Å². The molecule has 2 heterocycles. The van der Waals surface area contributed by atoms with Crippen LogP contribution in [0.15, 0.2) is 35.7 Å². The van der Waals surface area contributed by atoms with E-state index < -0.39 is 74.3 Å². The van der Waals surface area contributed by atoms with E-state index in [0.717, 1.165) is 18.6 Å². The lowest BCUT2D eigenvalue weighted by Gasteiger charge is -2.26. The van der Waals surface area contributed by atoms with E-state index in [2.05, 4.69) is 20.3 Å². The molecule has 3 N–H and O–H groups in total. The number of ether oxygens (including phenoxy) is 1. The fraction of sp³-hybridized carbons (Fsp3) is 0.545. The molecule has 0 saturated heterocycles. The molecule has 0 spiro atoms. The summed E-state index contributed by atoms with van der Waals surface area (Å²) >= 11 is 1.29. The molecule has 12 nitrogen and oxygen atoms in total. The maximum Gasteiger partial charge on any atom is 0.416 e. The number of hydrogen-bond acceptors (Lipinski definition) is 9. The third kappa shape index (κ3) is 7.67. The van der Waals surface area contributed by atoms with Gasteiger partial charge in [0, 0.05) is 30.5 Å². The van der Waals surface area contributed by atoms with Crippen LogP contribution in [-0.2, 0) is 35.3 Å². The first-order chi connectivity index (χ1) is 23.6. The molecule has 3 aliphatic carbocycles. The Morgan fingerprint density at radius 2 is 1.88 bits per heavy atom. The molecule has 3 saturated carbocycles. The van der Waals surface area contributed by atoms with E-state index in [1.807, 2.05) is 12.2 Å². The van der Waals surface area contributed by atoms with Crippen LogP contribution in [-0.4, -0.2) is 72.6 Å². The van der Waals surface area contributed by atoms with Gasteiger partial charge in [-0.05, 0) is 70.4 Å². The number of alkyl halides is 3. The minimum atomic E-state index is -4.69. The number of anilines is 1. The van der Waals surface area contributed by atoms with Crippen LogP contribution in [0, 0.1) is 24.7 Å². The summed E-state index contributed by atoms with van der Waals surface area (Å²) in [6, 6.07) is 2.90. The largest absolute Gasteiger partial charge is 0.446 e. The third-order valence-corrected chi connectivity index (χ3v) is 12.3. The Bertz CT molecular complexity index is 1830. The number of halogens is 3. The van der Waals surface area contributed by atoms with Crippen molar-refractivity contribution in [1.82, 2.24) is 19.9 Å². The number of rotatable bonds is 6. The van der Waals surface area contributed by atoms with Crippen LogP contribution in [0.1, 0.15) is 61.9 Å². The Morgan fingerprint density at radius 1 is 1.14 bits per heavy atom. The Hall–Kier alpha value is -3.99. The fourth-order valence-corrected chi connectivity index (χ4v) is 8.69. The normalized spacial score (nSPS) is 28.1. The average Bonchev–Trinajstić information content (AvgIpc) is 3.93. The quantitative estimate of drug-likeness (QED) is 0.358.